The van der Waals surface area contributed by atoms with Crippen LogP contribution in [-0.4, -0.2) is 0 Å². The van der Waals surface area contributed by atoms with Crippen LogP contribution in [0.5, 0.6) is 0 Å². The molecule has 0 aliphatic heterocycles. The van der Waals surface area contributed by atoms with Crippen LogP contribution < -0.4 is 0 Å². The summed E-state index contributed by atoms with van der Waals surface area (Å²) in [5.74, 6) is 13.4. The first-order valence-corrected chi connectivity index (χ1v) is 18.1. The Kier molecular flexibility index (Phi) is 6.89. The van der Waals surface area contributed by atoms with Gasteiger partial charge in [-0.05, 0) is 136 Å². The lowest BCUT2D eigenvalue weighted by Gasteiger charge is -2.56. The molecule has 0 aromatic heterocycles. The molecule has 0 nitrogen and oxygen atoms in total. The van der Waals surface area contributed by atoms with Crippen molar-refractivity contribution in [1.82, 2.24) is 0 Å². The maximum Gasteiger partial charge on any atom is 0.0256 e. The number of allylic oxidation sites excluding steroid dienone is 4. The molecule has 1 radical (unpaired) electrons. The summed E-state index contributed by atoms with van der Waals surface area (Å²) in [6.45, 7) is 2.40. The molecule has 38 heavy (non-hydrogen) atoms. The fourth-order valence-electron chi connectivity index (χ4n) is 12.7. The van der Waals surface area contributed by atoms with Gasteiger partial charge < -0.3 is 0 Å². The molecule has 0 heteroatoms. The predicted molar refractivity (Wildman–Crippen MR) is 159 cm³/mol. The van der Waals surface area contributed by atoms with Gasteiger partial charge in [-0.2, -0.15) is 0 Å². The van der Waals surface area contributed by atoms with Crippen molar-refractivity contribution in [2.24, 2.45) is 65.1 Å². The van der Waals surface area contributed by atoms with Crippen LogP contribution in [0.3, 0.4) is 0 Å². The van der Waals surface area contributed by atoms with Gasteiger partial charge in [0.2, 0.25) is 0 Å². The highest BCUT2D eigenvalue weighted by Gasteiger charge is 2.56. The predicted octanol–water partition coefficient (Wildman–Crippen LogP) is 10.9. The van der Waals surface area contributed by atoms with E-state index >= 15 is 0 Å². The van der Waals surface area contributed by atoms with E-state index in [-0.39, 0.29) is 0 Å². The molecule has 8 aliphatic carbocycles. The molecule has 5 fully saturated rings. The smallest absolute Gasteiger partial charge is 0.0256 e. The molecule has 0 aromatic carbocycles. The minimum Gasteiger partial charge on any atom is -0.0726 e. The zero-order chi connectivity index (χ0) is 25.2. The molecular formula is C38H57. The SMILES string of the molecule is CCCC1CCC(C2CC3=C[C]3C3CCC4CCCCC4C3C3C(CCC4CCCCC43)C3=C(C3)C2)CC1. The molecule has 0 aromatic rings. The average molecular weight is 514 g/mol. The lowest BCUT2D eigenvalue weighted by molar-refractivity contribution is -0.0532. The van der Waals surface area contributed by atoms with Gasteiger partial charge in [0.15, 0.2) is 0 Å². The Bertz CT molecular complexity index is 928. The second-order valence-electron chi connectivity index (χ2n) is 16.1. The largest absolute Gasteiger partial charge is 0.0726 e. The first kappa shape index (κ1) is 25.2. The number of fused-ring (bicyclic) bond motifs is 10. The fraction of sp³-hybridized carbons (Fsp3) is 0.868. The Morgan fingerprint density at radius 3 is 1.95 bits per heavy atom. The minimum atomic E-state index is 0.958. The average Bonchev–Trinajstić information content (AvgIpc) is 3.89. The lowest BCUT2D eigenvalue weighted by Crippen LogP contribution is -2.49. The number of hydrogen-bond donors (Lipinski definition) is 0. The maximum absolute atomic E-state index is 2.79. The lowest BCUT2D eigenvalue weighted by atomic mass is 9.48. The molecule has 0 amide bonds. The third-order valence-corrected chi connectivity index (χ3v) is 14.4. The van der Waals surface area contributed by atoms with E-state index in [1.54, 1.807) is 77.0 Å². The van der Waals surface area contributed by atoms with Crippen LogP contribution in [0.15, 0.2) is 22.8 Å². The zero-order valence-electron chi connectivity index (χ0n) is 24.8. The second kappa shape index (κ2) is 10.4. The Labute approximate surface area is 235 Å². The Morgan fingerprint density at radius 2 is 1.24 bits per heavy atom. The summed E-state index contributed by atoms with van der Waals surface area (Å²) < 4.78 is 0. The molecule has 5 saturated carbocycles. The molecule has 9 unspecified atom stereocenters. The summed E-state index contributed by atoms with van der Waals surface area (Å²) in [7, 11) is 0. The van der Waals surface area contributed by atoms with Gasteiger partial charge in [0.1, 0.15) is 0 Å². The van der Waals surface area contributed by atoms with Crippen LogP contribution in [-0.2, 0) is 0 Å². The first-order chi connectivity index (χ1) is 18.8. The Morgan fingerprint density at radius 1 is 0.605 bits per heavy atom. The molecule has 8 aliphatic rings. The van der Waals surface area contributed by atoms with Gasteiger partial charge in [0.25, 0.3) is 0 Å². The normalized spacial score (nSPS) is 48.7. The van der Waals surface area contributed by atoms with Gasteiger partial charge in [0.05, 0.1) is 0 Å². The summed E-state index contributed by atoms with van der Waals surface area (Å²) in [5, 5.41) is 0. The van der Waals surface area contributed by atoms with Crippen LogP contribution in [0.1, 0.15) is 142 Å². The summed E-state index contributed by atoms with van der Waals surface area (Å²) in [6.07, 6.45) is 35.1. The van der Waals surface area contributed by atoms with E-state index < -0.39 is 0 Å². The molecular weight excluding hydrogens is 456 g/mol. The van der Waals surface area contributed by atoms with Crippen molar-refractivity contribution >= 4 is 0 Å². The maximum atomic E-state index is 2.79. The highest BCUT2D eigenvalue weighted by Crippen LogP contribution is 2.65. The molecule has 0 N–H and O–H groups in total. The molecule has 209 valence electrons. The third-order valence-electron chi connectivity index (χ3n) is 14.4. The highest BCUT2D eigenvalue weighted by molar-refractivity contribution is 5.53. The molecule has 0 saturated heterocycles. The van der Waals surface area contributed by atoms with Crippen LogP contribution >= 0.6 is 0 Å². The van der Waals surface area contributed by atoms with Gasteiger partial charge in [-0.15, -0.1) is 0 Å². The van der Waals surface area contributed by atoms with E-state index in [4.69, 9.17) is 0 Å². The van der Waals surface area contributed by atoms with Gasteiger partial charge in [-0.3, -0.25) is 0 Å². The molecule has 0 spiro atoms. The van der Waals surface area contributed by atoms with E-state index in [2.05, 4.69) is 18.6 Å². The summed E-state index contributed by atoms with van der Waals surface area (Å²) >= 11 is 0. The first-order valence-electron chi connectivity index (χ1n) is 18.1. The molecule has 8 rings (SSSR count). The molecule has 9 atom stereocenters. The zero-order valence-corrected chi connectivity index (χ0v) is 24.8. The monoisotopic (exact) mass is 513 g/mol. The van der Waals surface area contributed by atoms with Crippen LogP contribution in [0.4, 0.5) is 0 Å². The minimum absolute atomic E-state index is 0.958. The Balaban J connectivity index is 1.12. The molecule has 0 heterocycles. The number of rotatable bonds is 3. The van der Waals surface area contributed by atoms with Crippen LogP contribution in [0, 0.1) is 71.0 Å². The summed E-state index contributed by atoms with van der Waals surface area (Å²) in [5.41, 5.74) is 5.97. The Hall–Kier alpha value is -0.520. The van der Waals surface area contributed by atoms with E-state index in [1.165, 1.54) is 57.8 Å². The van der Waals surface area contributed by atoms with Gasteiger partial charge in [-0.1, -0.05) is 93.9 Å². The van der Waals surface area contributed by atoms with E-state index in [0.717, 1.165) is 65.1 Å². The second-order valence-corrected chi connectivity index (χ2v) is 16.1. The fourth-order valence-corrected chi connectivity index (χ4v) is 12.7. The van der Waals surface area contributed by atoms with Gasteiger partial charge >= 0.3 is 0 Å². The summed E-state index contributed by atoms with van der Waals surface area (Å²) in [6, 6.07) is 0. The van der Waals surface area contributed by atoms with Crippen molar-refractivity contribution in [2.75, 3.05) is 0 Å². The topological polar surface area (TPSA) is 0 Å². The molecule has 0 bridgehead atoms. The van der Waals surface area contributed by atoms with Crippen LogP contribution in [0.25, 0.3) is 0 Å². The summed E-state index contributed by atoms with van der Waals surface area (Å²) in [4.78, 5) is 0. The van der Waals surface area contributed by atoms with Crippen molar-refractivity contribution < 1.29 is 0 Å². The van der Waals surface area contributed by atoms with E-state index in [0.29, 0.717) is 0 Å². The third kappa shape index (κ3) is 4.53. The van der Waals surface area contributed by atoms with Crippen molar-refractivity contribution in [3.8, 4) is 0 Å². The van der Waals surface area contributed by atoms with Crippen LogP contribution in [0.2, 0.25) is 0 Å². The van der Waals surface area contributed by atoms with Gasteiger partial charge in [0, 0.05) is 5.92 Å². The van der Waals surface area contributed by atoms with Crippen molar-refractivity contribution in [2.45, 2.75) is 142 Å². The van der Waals surface area contributed by atoms with Crippen molar-refractivity contribution in [3.63, 3.8) is 0 Å². The standard InChI is InChI=1S/C38H57/c1-2-7-24-12-14-25(15-13-24)28-20-29-22-35(29)33-18-16-26-8-3-5-10-31(26)37(33)38-32-11-6-4-9-27(32)17-19-34(38)36-23-30(36)21-28/h22,24-28,31-34,37-38H,2-21,23H2,1H3. The van der Waals surface area contributed by atoms with E-state index in [1.807, 2.05) is 17.1 Å². The van der Waals surface area contributed by atoms with Crippen molar-refractivity contribution in [1.29, 1.82) is 0 Å². The van der Waals surface area contributed by atoms with Crippen molar-refractivity contribution in [3.05, 3.63) is 28.7 Å². The van der Waals surface area contributed by atoms with E-state index in [9.17, 15) is 0 Å². The highest BCUT2D eigenvalue weighted by atomic mass is 14.6. The van der Waals surface area contributed by atoms with Gasteiger partial charge in [-0.25, -0.2) is 0 Å². The number of hydrogen-bond acceptors (Lipinski definition) is 0. The quantitative estimate of drug-likeness (QED) is 0.329.